The first-order valence-electron chi connectivity index (χ1n) is 4.72. The van der Waals surface area contributed by atoms with Crippen molar-refractivity contribution in [3.8, 4) is 11.4 Å². The predicted octanol–water partition coefficient (Wildman–Crippen LogP) is 1.31. The zero-order chi connectivity index (χ0) is 11.4. The second-order valence-corrected chi connectivity index (χ2v) is 2.89. The van der Waals surface area contributed by atoms with Gasteiger partial charge in [0.15, 0.2) is 0 Å². The van der Waals surface area contributed by atoms with Gasteiger partial charge in [0.25, 0.3) is 0 Å². The monoisotopic (exact) mass is 219 g/mol. The summed E-state index contributed by atoms with van der Waals surface area (Å²) in [4.78, 5) is 19.1. The molecular weight excluding hydrogens is 210 g/mol. The van der Waals surface area contributed by atoms with Crippen LogP contribution in [0.4, 0.5) is 0 Å². The molecule has 0 aliphatic heterocycles. The van der Waals surface area contributed by atoms with Gasteiger partial charge in [-0.05, 0) is 19.1 Å². The van der Waals surface area contributed by atoms with Gasteiger partial charge < -0.3 is 9.26 Å². The maximum Gasteiger partial charge on any atom is 0.397 e. The van der Waals surface area contributed by atoms with Crippen molar-refractivity contribution in [3.05, 3.63) is 30.4 Å². The maximum absolute atomic E-state index is 11.3. The summed E-state index contributed by atoms with van der Waals surface area (Å²) in [7, 11) is 0. The number of hydrogen-bond donors (Lipinski definition) is 0. The molecule has 2 rings (SSSR count). The smallest absolute Gasteiger partial charge is 0.397 e. The van der Waals surface area contributed by atoms with Crippen molar-refractivity contribution in [1.82, 2.24) is 15.1 Å². The van der Waals surface area contributed by atoms with E-state index in [9.17, 15) is 4.79 Å². The second kappa shape index (κ2) is 4.52. The van der Waals surface area contributed by atoms with Crippen LogP contribution in [-0.2, 0) is 4.74 Å². The Hall–Kier alpha value is -2.24. The molecule has 0 unspecified atom stereocenters. The number of rotatable bonds is 3. The molecule has 0 atom stereocenters. The molecule has 2 heterocycles. The lowest BCUT2D eigenvalue weighted by atomic mass is 10.3. The fourth-order valence-electron chi connectivity index (χ4n) is 1.11. The standard InChI is InChI=1S/C10H9N3O3/c1-2-15-10(14)9-12-8(13-16-9)7-4-3-5-11-6-7/h3-6H,2H2,1H3. The lowest BCUT2D eigenvalue weighted by Gasteiger charge is -1.93. The van der Waals surface area contributed by atoms with Gasteiger partial charge in [-0.3, -0.25) is 4.98 Å². The Morgan fingerprint density at radius 2 is 2.44 bits per heavy atom. The third-order valence-electron chi connectivity index (χ3n) is 1.80. The lowest BCUT2D eigenvalue weighted by Crippen LogP contribution is -2.04. The van der Waals surface area contributed by atoms with Crippen LogP contribution in [0.1, 0.15) is 17.6 Å². The normalized spacial score (nSPS) is 10.1. The molecule has 0 fully saturated rings. The maximum atomic E-state index is 11.3. The molecule has 0 aliphatic carbocycles. The summed E-state index contributed by atoms with van der Waals surface area (Å²) in [5.41, 5.74) is 0.682. The number of carbonyl (C=O) groups is 1. The van der Waals surface area contributed by atoms with Crippen LogP contribution in [-0.4, -0.2) is 27.7 Å². The van der Waals surface area contributed by atoms with E-state index in [1.165, 1.54) is 0 Å². The zero-order valence-electron chi connectivity index (χ0n) is 8.58. The van der Waals surface area contributed by atoms with Gasteiger partial charge in [0.05, 0.1) is 6.61 Å². The Balaban J connectivity index is 2.23. The largest absolute Gasteiger partial charge is 0.459 e. The lowest BCUT2D eigenvalue weighted by molar-refractivity contribution is 0.0470. The summed E-state index contributed by atoms with van der Waals surface area (Å²) in [6.45, 7) is 1.97. The Morgan fingerprint density at radius 1 is 1.56 bits per heavy atom. The van der Waals surface area contributed by atoms with Gasteiger partial charge in [0.1, 0.15) is 0 Å². The molecule has 0 aromatic carbocycles. The van der Waals surface area contributed by atoms with Crippen molar-refractivity contribution < 1.29 is 14.1 Å². The minimum Gasteiger partial charge on any atom is -0.459 e. The quantitative estimate of drug-likeness (QED) is 0.724. The van der Waals surface area contributed by atoms with Gasteiger partial charge in [0.2, 0.25) is 5.82 Å². The number of aromatic nitrogens is 3. The van der Waals surface area contributed by atoms with Crippen LogP contribution in [0.3, 0.4) is 0 Å². The molecule has 0 bridgehead atoms. The Labute approximate surface area is 91.3 Å². The molecule has 6 nitrogen and oxygen atoms in total. The highest BCUT2D eigenvalue weighted by Gasteiger charge is 2.16. The van der Waals surface area contributed by atoms with Crippen LogP contribution >= 0.6 is 0 Å². The number of nitrogens with zero attached hydrogens (tertiary/aromatic N) is 3. The second-order valence-electron chi connectivity index (χ2n) is 2.89. The summed E-state index contributed by atoms with van der Waals surface area (Å²) >= 11 is 0. The third kappa shape index (κ3) is 2.05. The molecule has 82 valence electrons. The van der Waals surface area contributed by atoms with Gasteiger partial charge in [-0.15, -0.1) is 0 Å². The van der Waals surface area contributed by atoms with Crippen LogP contribution in [0.5, 0.6) is 0 Å². The summed E-state index contributed by atoms with van der Waals surface area (Å²) in [5.74, 6) is -0.456. The molecule has 2 aromatic rings. The Bertz CT molecular complexity index is 481. The third-order valence-corrected chi connectivity index (χ3v) is 1.80. The van der Waals surface area contributed by atoms with E-state index in [0.29, 0.717) is 11.4 Å². The molecule has 0 amide bonds. The van der Waals surface area contributed by atoms with Crippen LogP contribution in [0.2, 0.25) is 0 Å². The van der Waals surface area contributed by atoms with E-state index in [2.05, 4.69) is 15.1 Å². The van der Waals surface area contributed by atoms with Crippen molar-refractivity contribution in [1.29, 1.82) is 0 Å². The van der Waals surface area contributed by atoms with E-state index in [0.717, 1.165) is 0 Å². The number of pyridine rings is 1. The molecule has 0 radical (unpaired) electrons. The molecule has 0 aliphatic rings. The summed E-state index contributed by atoms with van der Waals surface area (Å²) in [5, 5.41) is 3.66. The van der Waals surface area contributed by atoms with Crippen LogP contribution < -0.4 is 0 Å². The van der Waals surface area contributed by atoms with Crippen molar-refractivity contribution in [3.63, 3.8) is 0 Å². The van der Waals surface area contributed by atoms with E-state index in [1.807, 2.05) is 0 Å². The van der Waals surface area contributed by atoms with Crippen molar-refractivity contribution in [2.24, 2.45) is 0 Å². The van der Waals surface area contributed by atoms with Crippen LogP contribution in [0.25, 0.3) is 11.4 Å². The molecule has 6 heteroatoms. The highest BCUT2D eigenvalue weighted by atomic mass is 16.6. The highest BCUT2D eigenvalue weighted by molar-refractivity contribution is 5.84. The number of carbonyl (C=O) groups excluding carboxylic acids is 1. The zero-order valence-corrected chi connectivity index (χ0v) is 8.58. The molecule has 0 saturated heterocycles. The fraction of sp³-hybridized carbons (Fsp3) is 0.200. The fourth-order valence-corrected chi connectivity index (χ4v) is 1.11. The Kier molecular flexibility index (Phi) is 2.90. The summed E-state index contributed by atoms with van der Waals surface area (Å²) in [6, 6.07) is 3.52. The van der Waals surface area contributed by atoms with E-state index < -0.39 is 5.97 Å². The Morgan fingerprint density at radius 3 is 3.12 bits per heavy atom. The number of esters is 1. The van der Waals surface area contributed by atoms with E-state index in [4.69, 9.17) is 9.26 Å². The molecule has 2 aromatic heterocycles. The first-order chi connectivity index (χ1) is 7.81. The van der Waals surface area contributed by atoms with Gasteiger partial charge in [-0.2, -0.15) is 4.98 Å². The molecule has 0 saturated carbocycles. The van der Waals surface area contributed by atoms with Crippen molar-refractivity contribution >= 4 is 5.97 Å². The van der Waals surface area contributed by atoms with Gasteiger partial charge in [-0.1, -0.05) is 5.16 Å². The summed E-state index contributed by atoms with van der Waals surface area (Å²) in [6.07, 6.45) is 3.22. The SMILES string of the molecule is CCOC(=O)c1nc(-c2cccnc2)no1. The van der Waals surface area contributed by atoms with E-state index in [1.54, 1.807) is 31.5 Å². The van der Waals surface area contributed by atoms with Gasteiger partial charge >= 0.3 is 11.9 Å². The van der Waals surface area contributed by atoms with Crippen molar-refractivity contribution in [2.75, 3.05) is 6.61 Å². The molecular formula is C10H9N3O3. The summed E-state index contributed by atoms with van der Waals surface area (Å²) < 4.78 is 9.50. The topological polar surface area (TPSA) is 78.1 Å². The first-order valence-corrected chi connectivity index (χ1v) is 4.72. The van der Waals surface area contributed by atoms with E-state index in [-0.39, 0.29) is 12.5 Å². The van der Waals surface area contributed by atoms with E-state index >= 15 is 0 Å². The van der Waals surface area contributed by atoms with Crippen LogP contribution in [0, 0.1) is 0 Å². The minimum atomic E-state index is -0.620. The number of ether oxygens (including phenoxy) is 1. The minimum absolute atomic E-state index is 0.152. The van der Waals surface area contributed by atoms with Crippen molar-refractivity contribution in [2.45, 2.75) is 6.92 Å². The highest BCUT2D eigenvalue weighted by Crippen LogP contribution is 2.13. The van der Waals surface area contributed by atoms with Gasteiger partial charge in [-0.25, -0.2) is 4.79 Å². The van der Waals surface area contributed by atoms with Crippen LogP contribution in [0.15, 0.2) is 29.0 Å². The average Bonchev–Trinajstić information content (AvgIpc) is 2.80. The molecule has 16 heavy (non-hydrogen) atoms. The molecule has 0 N–H and O–H groups in total. The molecule has 0 spiro atoms. The predicted molar refractivity (Wildman–Crippen MR) is 53.5 cm³/mol. The first kappa shape index (κ1) is 10.3. The van der Waals surface area contributed by atoms with Gasteiger partial charge in [0, 0.05) is 18.0 Å². The number of hydrogen-bond acceptors (Lipinski definition) is 6. The average molecular weight is 219 g/mol.